The Balaban J connectivity index is 0.000000208. The molecule has 66 heavy (non-hydrogen) atoms. The van der Waals surface area contributed by atoms with Crippen molar-refractivity contribution in [1.29, 1.82) is 0 Å². The second-order valence-corrected chi connectivity index (χ2v) is 14.9. The maximum atomic E-state index is 13.6. The molecule has 0 spiro atoms. The number of carbonyl (C=O) groups is 8. The van der Waals surface area contributed by atoms with Gasteiger partial charge in [0.1, 0.15) is 17.3 Å². The number of carboxylic acid groups (broad SMARTS) is 2. The lowest BCUT2D eigenvalue weighted by Crippen LogP contribution is -2.50. The molecular weight excluding hydrogens is 841 g/mol. The highest BCUT2D eigenvalue weighted by atomic mass is 16.5. The first-order valence-corrected chi connectivity index (χ1v) is 20.4. The van der Waals surface area contributed by atoms with Crippen LogP contribution in [0.5, 0.6) is 11.5 Å². The van der Waals surface area contributed by atoms with E-state index in [1.54, 1.807) is 84.9 Å². The molecule has 2 N–H and O–H groups in total. The zero-order chi connectivity index (χ0) is 47.6. The van der Waals surface area contributed by atoms with Crippen LogP contribution in [-0.4, -0.2) is 58.2 Å². The van der Waals surface area contributed by atoms with E-state index in [9.17, 15) is 43.5 Å². The van der Waals surface area contributed by atoms with E-state index in [4.69, 9.17) is 9.84 Å². The Morgan fingerprint density at radius 2 is 0.864 bits per heavy atom. The Bertz CT molecular complexity index is 2700. The fourth-order valence-corrected chi connectivity index (χ4v) is 7.41. The number of carboxylic acids is 2. The van der Waals surface area contributed by atoms with Gasteiger partial charge in [-0.3, -0.25) is 28.8 Å². The van der Waals surface area contributed by atoms with Crippen LogP contribution in [0, 0.1) is 11.8 Å². The predicted octanol–water partition coefficient (Wildman–Crippen LogP) is 9.61. The average Bonchev–Trinajstić information content (AvgIpc) is 3.31. The number of aromatic carboxylic acids is 2. The second kappa shape index (κ2) is 23.7. The number of ether oxygens (including phenoxy) is 2. The molecule has 1 saturated carbocycles. The van der Waals surface area contributed by atoms with Crippen molar-refractivity contribution in [2.24, 2.45) is 11.8 Å². The molecule has 12 heteroatoms. The molecule has 1 fully saturated rings. The van der Waals surface area contributed by atoms with Gasteiger partial charge in [-0.25, -0.2) is 9.59 Å². The van der Waals surface area contributed by atoms with Crippen molar-refractivity contribution in [2.45, 2.75) is 25.7 Å². The summed E-state index contributed by atoms with van der Waals surface area (Å²) in [6, 6.07) is 44.7. The molecule has 0 saturated heterocycles. The lowest BCUT2D eigenvalue weighted by molar-refractivity contribution is -0.127. The molecule has 12 nitrogen and oxygen atoms in total. The van der Waals surface area contributed by atoms with Crippen LogP contribution in [0.3, 0.4) is 0 Å². The van der Waals surface area contributed by atoms with E-state index in [0.717, 1.165) is 22.3 Å². The Hall–Kier alpha value is -8.64. The molecule has 0 radical (unpaired) electrons. The number of hydrogen-bond donors (Lipinski definition) is 2. The zero-order valence-corrected chi connectivity index (χ0v) is 35.8. The van der Waals surface area contributed by atoms with Crippen molar-refractivity contribution in [3.63, 3.8) is 0 Å². The van der Waals surface area contributed by atoms with E-state index in [-0.39, 0.29) is 46.1 Å². The summed E-state index contributed by atoms with van der Waals surface area (Å²) in [4.78, 5) is 91.3. The van der Waals surface area contributed by atoms with Crippen LogP contribution in [0.15, 0.2) is 170 Å². The summed E-state index contributed by atoms with van der Waals surface area (Å²) < 4.78 is 9.46. The quantitative estimate of drug-likeness (QED) is 0.0531. The van der Waals surface area contributed by atoms with Crippen LogP contribution in [0.2, 0.25) is 0 Å². The third-order valence-electron chi connectivity index (χ3n) is 10.6. The van der Waals surface area contributed by atoms with Crippen molar-refractivity contribution in [2.75, 3.05) is 0 Å². The molecule has 0 heterocycles. The standard InChI is InChI=1S/C27H22O6.C16H12O3.C11H10O3/c1-16(29)22-23(18-7-9-20(10-8-18)27(31)32)24(17-5-3-2-4-6-17)25(22)26(30)19-11-13-21(14-12-19)33-15-28;17-12-19-15-9-7-14(8-10-15)16(18)11-6-13-4-2-1-3-5-13;1-8(12)2-3-9-4-6-10(7-5-9)11(13)14/h2-15,22-25H,1H3,(H,31,32);1-12H;2-7H,1H3,(H,13,14)/b;11-6+;3-2+/t22-,23-,24+,25?;;/m1../s1. The third-order valence-corrected chi connectivity index (χ3v) is 10.6. The fourth-order valence-electron chi connectivity index (χ4n) is 7.41. The van der Waals surface area contributed by atoms with Gasteiger partial charge >= 0.3 is 11.9 Å². The van der Waals surface area contributed by atoms with Gasteiger partial charge in [0.25, 0.3) is 12.9 Å². The van der Waals surface area contributed by atoms with Crippen LogP contribution >= 0.6 is 0 Å². The van der Waals surface area contributed by atoms with Gasteiger partial charge in [0.2, 0.25) is 0 Å². The molecule has 6 aromatic rings. The number of ketones is 4. The highest BCUT2D eigenvalue weighted by molar-refractivity contribution is 6.07. The first-order valence-electron chi connectivity index (χ1n) is 20.4. The maximum Gasteiger partial charge on any atom is 0.335 e. The molecule has 0 aromatic heterocycles. The summed E-state index contributed by atoms with van der Waals surface area (Å²) in [5.74, 6) is -3.19. The largest absolute Gasteiger partial charge is 0.478 e. The molecule has 1 unspecified atom stereocenters. The van der Waals surface area contributed by atoms with Crippen LogP contribution < -0.4 is 9.47 Å². The van der Waals surface area contributed by atoms with Crippen molar-refractivity contribution >= 4 is 60.2 Å². The Morgan fingerprint density at radius 3 is 1.33 bits per heavy atom. The molecular formula is C54H44O12. The van der Waals surface area contributed by atoms with Gasteiger partial charge in [0.15, 0.2) is 17.3 Å². The SMILES string of the molecule is CC(=O)/C=C/c1ccc(C(=O)O)cc1.CC(=O)[C@H]1C(C(=O)c2ccc(OC=O)cc2)[C@@H](c2ccccc2)[C@@H]1c1ccc(C(=O)O)cc1.O=COc1ccc(C(=O)/C=C/c2ccccc2)cc1. The molecule has 1 aliphatic carbocycles. The number of rotatable bonds is 16. The van der Waals surface area contributed by atoms with Gasteiger partial charge in [-0.05, 0) is 121 Å². The highest BCUT2D eigenvalue weighted by Crippen LogP contribution is 2.59. The van der Waals surface area contributed by atoms with E-state index in [1.807, 2.05) is 60.7 Å². The lowest BCUT2D eigenvalue weighted by Gasteiger charge is -2.51. The number of carbonyl (C=O) groups excluding carboxylic acids is 6. The van der Waals surface area contributed by atoms with E-state index >= 15 is 0 Å². The van der Waals surface area contributed by atoms with Gasteiger partial charge in [0, 0.05) is 34.8 Å². The Labute approximate surface area is 380 Å². The number of benzene rings is 6. The maximum absolute atomic E-state index is 13.6. The number of allylic oxidation sites excluding steroid dienone is 2. The van der Waals surface area contributed by atoms with Crippen LogP contribution in [-0.2, 0) is 19.2 Å². The highest BCUT2D eigenvalue weighted by Gasteiger charge is 2.56. The third kappa shape index (κ3) is 13.2. The normalized spacial score (nSPS) is 15.9. The van der Waals surface area contributed by atoms with E-state index in [1.165, 1.54) is 50.3 Å². The molecule has 0 bridgehead atoms. The summed E-state index contributed by atoms with van der Waals surface area (Å²) in [5.41, 5.74) is 4.94. The molecule has 7 rings (SSSR count). The van der Waals surface area contributed by atoms with Crippen LogP contribution in [0.1, 0.15) is 89.4 Å². The van der Waals surface area contributed by atoms with E-state index < -0.39 is 23.8 Å². The molecule has 4 atom stereocenters. The number of Topliss-reactive ketones (excluding diaryl/α,β-unsaturated/α-hetero) is 2. The molecule has 332 valence electrons. The van der Waals surface area contributed by atoms with Gasteiger partial charge in [-0.1, -0.05) is 97.1 Å². The molecule has 0 aliphatic heterocycles. The Morgan fingerprint density at radius 1 is 0.455 bits per heavy atom. The molecule has 6 aromatic carbocycles. The Kier molecular flexibility index (Phi) is 17.4. The monoisotopic (exact) mass is 884 g/mol. The van der Waals surface area contributed by atoms with E-state index in [2.05, 4.69) is 4.74 Å². The minimum atomic E-state index is -1.02. The van der Waals surface area contributed by atoms with Crippen molar-refractivity contribution < 1.29 is 58.0 Å². The summed E-state index contributed by atoms with van der Waals surface area (Å²) in [7, 11) is 0. The first-order chi connectivity index (χ1) is 31.8. The van der Waals surface area contributed by atoms with Crippen molar-refractivity contribution in [1.82, 2.24) is 0 Å². The first kappa shape index (κ1) is 48.4. The van der Waals surface area contributed by atoms with Gasteiger partial charge < -0.3 is 19.7 Å². The van der Waals surface area contributed by atoms with Gasteiger partial charge in [0.05, 0.1) is 11.1 Å². The minimum absolute atomic E-state index is 0.0349. The summed E-state index contributed by atoms with van der Waals surface area (Å²) in [6.45, 7) is 3.63. The van der Waals surface area contributed by atoms with Crippen molar-refractivity contribution in [3.05, 3.63) is 214 Å². The lowest BCUT2D eigenvalue weighted by atomic mass is 9.50. The molecule has 1 aliphatic rings. The van der Waals surface area contributed by atoms with Crippen LogP contribution in [0.4, 0.5) is 0 Å². The van der Waals surface area contributed by atoms with Crippen molar-refractivity contribution in [3.8, 4) is 11.5 Å². The summed E-state index contributed by atoms with van der Waals surface area (Å²) in [5, 5.41) is 17.8. The average molecular weight is 885 g/mol. The summed E-state index contributed by atoms with van der Waals surface area (Å²) >= 11 is 0. The minimum Gasteiger partial charge on any atom is -0.478 e. The number of hydrogen-bond acceptors (Lipinski definition) is 10. The smallest absolute Gasteiger partial charge is 0.335 e. The second-order valence-electron chi connectivity index (χ2n) is 14.9. The van der Waals surface area contributed by atoms with E-state index in [0.29, 0.717) is 35.6 Å². The zero-order valence-electron chi connectivity index (χ0n) is 35.8. The topological polar surface area (TPSA) is 195 Å². The fraction of sp³-hybridized carbons (Fsp3) is 0.111. The summed E-state index contributed by atoms with van der Waals surface area (Å²) in [6.07, 6.45) is 6.37. The van der Waals surface area contributed by atoms with Gasteiger partial charge in [-0.2, -0.15) is 0 Å². The predicted molar refractivity (Wildman–Crippen MR) is 247 cm³/mol. The van der Waals surface area contributed by atoms with Crippen LogP contribution in [0.25, 0.3) is 12.2 Å². The van der Waals surface area contributed by atoms with Gasteiger partial charge in [-0.15, -0.1) is 0 Å². The molecule has 0 amide bonds.